The number of hydrogen-bond donors (Lipinski definition) is 0. The number of rotatable bonds is 2. The molecule has 0 unspecified atom stereocenters. The van der Waals surface area contributed by atoms with E-state index >= 15 is 0 Å². The molecular formula is C17H23NO. The van der Waals surface area contributed by atoms with Crippen molar-refractivity contribution in [3.8, 4) is 0 Å². The van der Waals surface area contributed by atoms with Gasteiger partial charge >= 0.3 is 0 Å². The van der Waals surface area contributed by atoms with Crippen LogP contribution in [-0.2, 0) is 4.79 Å². The molecule has 2 aliphatic rings. The lowest BCUT2D eigenvalue weighted by Gasteiger charge is -2.29. The zero-order valence-electron chi connectivity index (χ0n) is 11.6. The van der Waals surface area contributed by atoms with Crippen LogP contribution in [0.5, 0.6) is 0 Å². The van der Waals surface area contributed by atoms with E-state index in [2.05, 4.69) is 29.2 Å². The maximum absolute atomic E-state index is 11.3. The molecule has 1 aromatic rings. The van der Waals surface area contributed by atoms with E-state index in [-0.39, 0.29) is 0 Å². The Morgan fingerprint density at radius 1 is 0.895 bits per heavy atom. The first-order chi connectivity index (χ1) is 9.33. The van der Waals surface area contributed by atoms with E-state index in [4.69, 9.17) is 0 Å². The zero-order chi connectivity index (χ0) is 13.1. The molecule has 2 fully saturated rings. The Bertz CT molecular complexity index is 421. The summed E-state index contributed by atoms with van der Waals surface area (Å²) in [5, 5.41) is 0. The summed E-state index contributed by atoms with van der Waals surface area (Å²) in [6, 6.07) is 9.11. The van der Waals surface area contributed by atoms with Gasteiger partial charge in [0.15, 0.2) is 0 Å². The van der Waals surface area contributed by atoms with Crippen molar-refractivity contribution in [2.45, 2.75) is 50.9 Å². The van der Waals surface area contributed by atoms with Crippen molar-refractivity contribution in [2.75, 3.05) is 18.0 Å². The molecule has 1 saturated heterocycles. The zero-order valence-corrected chi connectivity index (χ0v) is 11.6. The van der Waals surface area contributed by atoms with Crippen LogP contribution in [-0.4, -0.2) is 18.9 Å². The first-order valence-corrected chi connectivity index (χ1v) is 7.69. The fourth-order valence-corrected chi connectivity index (χ4v) is 3.41. The third kappa shape index (κ3) is 2.99. The Hall–Kier alpha value is -1.31. The molecule has 0 bridgehead atoms. The Labute approximate surface area is 115 Å². The number of benzene rings is 1. The largest absolute Gasteiger partial charge is 0.371 e. The first-order valence-electron chi connectivity index (χ1n) is 7.69. The quantitative estimate of drug-likeness (QED) is 0.800. The van der Waals surface area contributed by atoms with Gasteiger partial charge in [-0.3, -0.25) is 4.79 Å². The van der Waals surface area contributed by atoms with E-state index in [0.717, 1.165) is 19.0 Å². The lowest BCUT2D eigenvalue weighted by molar-refractivity contribution is -0.119. The molecule has 2 nitrogen and oxygen atoms in total. The van der Waals surface area contributed by atoms with Crippen LogP contribution in [0.25, 0.3) is 0 Å². The van der Waals surface area contributed by atoms with Crippen LogP contribution in [0.15, 0.2) is 24.3 Å². The molecule has 3 rings (SSSR count). The molecule has 0 spiro atoms. The topological polar surface area (TPSA) is 20.3 Å². The van der Waals surface area contributed by atoms with Gasteiger partial charge in [0.05, 0.1) is 0 Å². The fraction of sp³-hybridized carbons (Fsp3) is 0.588. The van der Waals surface area contributed by atoms with E-state index in [9.17, 15) is 4.79 Å². The van der Waals surface area contributed by atoms with Crippen LogP contribution < -0.4 is 4.90 Å². The van der Waals surface area contributed by atoms with Gasteiger partial charge in [0, 0.05) is 31.6 Å². The highest BCUT2D eigenvalue weighted by atomic mass is 16.1. The van der Waals surface area contributed by atoms with Crippen LogP contribution in [0, 0.1) is 0 Å². The highest BCUT2D eigenvalue weighted by Gasteiger charge is 2.18. The van der Waals surface area contributed by atoms with Crippen molar-refractivity contribution in [1.29, 1.82) is 0 Å². The maximum Gasteiger partial charge on any atom is 0.136 e. The van der Waals surface area contributed by atoms with Crippen molar-refractivity contribution in [1.82, 2.24) is 0 Å². The van der Waals surface area contributed by atoms with Gasteiger partial charge in [0.2, 0.25) is 0 Å². The number of Topliss-reactive ketones (excluding diaryl/α,β-unsaturated/α-hetero) is 1. The predicted octanol–water partition coefficient (Wildman–Crippen LogP) is 3.90. The van der Waals surface area contributed by atoms with Crippen LogP contribution in [0.2, 0.25) is 0 Å². The van der Waals surface area contributed by atoms with Crippen LogP contribution in [0.3, 0.4) is 0 Å². The highest BCUT2D eigenvalue weighted by molar-refractivity contribution is 5.81. The summed E-state index contributed by atoms with van der Waals surface area (Å²) in [7, 11) is 0. The fourth-order valence-electron chi connectivity index (χ4n) is 3.41. The van der Waals surface area contributed by atoms with Gasteiger partial charge in [-0.25, -0.2) is 0 Å². The van der Waals surface area contributed by atoms with E-state index < -0.39 is 0 Å². The lowest BCUT2D eigenvalue weighted by Crippen LogP contribution is -2.33. The Morgan fingerprint density at radius 3 is 2.16 bits per heavy atom. The minimum Gasteiger partial charge on any atom is -0.371 e. The predicted molar refractivity (Wildman–Crippen MR) is 78.7 cm³/mol. The molecule has 1 aliphatic carbocycles. The van der Waals surface area contributed by atoms with Gasteiger partial charge in [-0.1, -0.05) is 31.4 Å². The SMILES string of the molecule is O=C1CCN(c2ccc(C3CCCCC3)cc2)CC1. The molecule has 1 heterocycles. The molecule has 102 valence electrons. The second-order valence-corrected chi connectivity index (χ2v) is 5.95. The number of carbonyl (C=O) groups excluding carboxylic acids is 1. The second-order valence-electron chi connectivity index (χ2n) is 5.95. The average Bonchev–Trinajstić information content (AvgIpc) is 2.49. The van der Waals surface area contributed by atoms with E-state index in [0.29, 0.717) is 18.6 Å². The number of anilines is 1. The molecular weight excluding hydrogens is 234 g/mol. The van der Waals surface area contributed by atoms with Gasteiger partial charge in [-0.2, -0.15) is 0 Å². The van der Waals surface area contributed by atoms with Crippen LogP contribution in [0.1, 0.15) is 56.4 Å². The summed E-state index contributed by atoms with van der Waals surface area (Å²) in [4.78, 5) is 13.6. The highest BCUT2D eigenvalue weighted by Crippen LogP contribution is 2.33. The molecule has 1 aliphatic heterocycles. The minimum atomic E-state index is 0.412. The van der Waals surface area contributed by atoms with Gasteiger partial charge in [-0.05, 0) is 36.5 Å². The monoisotopic (exact) mass is 257 g/mol. The first kappa shape index (κ1) is 12.7. The summed E-state index contributed by atoms with van der Waals surface area (Å²) in [5.41, 5.74) is 2.79. The maximum atomic E-state index is 11.3. The molecule has 0 atom stereocenters. The number of ketones is 1. The van der Waals surface area contributed by atoms with Gasteiger partial charge in [-0.15, -0.1) is 0 Å². The minimum absolute atomic E-state index is 0.412. The number of nitrogens with zero attached hydrogens (tertiary/aromatic N) is 1. The molecule has 1 saturated carbocycles. The molecule has 0 radical (unpaired) electrons. The van der Waals surface area contributed by atoms with E-state index in [1.807, 2.05) is 0 Å². The van der Waals surface area contributed by atoms with Crippen molar-refractivity contribution in [3.05, 3.63) is 29.8 Å². The number of hydrogen-bond acceptors (Lipinski definition) is 2. The summed E-state index contributed by atoms with van der Waals surface area (Å²) < 4.78 is 0. The number of carbonyl (C=O) groups is 1. The van der Waals surface area contributed by atoms with E-state index in [1.54, 1.807) is 0 Å². The third-order valence-corrected chi connectivity index (χ3v) is 4.66. The van der Waals surface area contributed by atoms with Crippen molar-refractivity contribution < 1.29 is 4.79 Å². The van der Waals surface area contributed by atoms with Gasteiger partial charge in [0.1, 0.15) is 5.78 Å². The lowest BCUT2D eigenvalue weighted by atomic mass is 9.84. The van der Waals surface area contributed by atoms with Crippen LogP contribution >= 0.6 is 0 Å². The van der Waals surface area contributed by atoms with Crippen molar-refractivity contribution in [2.24, 2.45) is 0 Å². The standard InChI is InChI=1S/C17H23NO/c19-17-10-12-18(13-11-17)16-8-6-15(7-9-16)14-4-2-1-3-5-14/h6-9,14H,1-5,10-13H2. The van der Waals surface area contributed by atoms with Gasteiger partial charge < -0.3 is 4.90 Å². The Morgan fingerprint density at radius 2 is 1.53 bits per heavy atom. The molecule has 19 heavy (non-hydrogen) atoms. The van der Waals surface area contributed by atoms with E-state index in [1.165, 1.54) is 43.4 Å². The summed E-state index contributed by atoms with van der Waals surface area (Å²) >= 11 is 0. The molecule has 2 heteroatoms. The molecule has 0 N–H and O–H groups in total. The Kier molecular flexibility index (Phi) is 3.86. The second kappa shape index (κ2) is 5.77. The van der Waals surface area contributed by atoms with Crippen molar-refractivity contribution >= 4 is 11.5 Å². The smallest absolute Gasteiger partial charge is 0.136 e. The van der Waals surface area contributed by atoms with Gasteiger partial charge in [0.25, 0.3) is 0 Å². The Balaban J connectivity index is 1.66. The molecule has 0 aromatic heterocycles. The normalized spacial score (nSPS) is 21.7. The third-order valence-electron chi connectivity index (χ3n) is 4.66. The molecule has 1 aromatic carbocycles. The molecule has 0 amide bonds. The van der Waals surface area contributed by atoms with Crippen LogP contribution in [0.4, 0.5) is 5.69 Å². The summed E-state index contributed by atoms with van der Waals surface area (Å²) in [6.45, 7) is 1.78. The number of piperidine rings is 1. The van der Waals surface area contributed by atoms with Crippen molar-refractivity contribution in [3.63, 3.8) is 0 Å². The average molecular weight is 257 g/mol. The summed E-state index contributed by atoms with van der Waals surface area (Å²) in [6.07, 6.45) is 8.33. The summed E-state index contributed by atoms with van der Waals surface area (Å²) in [5.74, 6) is 1.20.